The highest BCUT2D eigenvalue weighted by atomic mass is 19.4. The Morgan fingerprint density at radius 2 is 1.84 bits per heavy atom. The zero-order chi connectivity index (χ0) is 26.9. The first-order valence-electron chi connectivity index (χ1n) is 10.2. The van der Waals surface area contributed by atoms with E-state index in [1.165, 1.54) is 7.05 Å². The van der Waals surface area contributed by atoms with E-state index in [4.69, 9.17) is 5.73 Å². The molecule has 3 heterocycles. The van der Waals surface area contributed by atoms with E-state index >= 15 is 0 Å². The number of carbonyl (C=O) groups is 2. The molecular weight excluding hydrogens is 503 g/mol. The summed E-state index contributed by atoms with van der Waals surface area (Å²) in [5.74, 6) is -4.36. The summed E-state index contributed by atoms with van der Waals surface area (Å²) in [4.78, 5) is 43.6. The van der Waals surface area contributed by atoms with Gasteiger partial charge in [0.15, 0.2) is 11.6 Å². The van der Waals surface area contributed by atoms with Gasteiger partial charge in [-0.1, -0.05) is 0 Å². The van der Waals surface area contributed by atoms with Gasteiger partial charge in [-0.15, -0.1) is 0 Å². The fourth-order valence-corrected chi connectivity index (χ4v) is 3.19. The molecule has 0 radical (unpaired) electrons. The second-order valence-electron chi connectivity index (χ2n) is 7.49. The van der Waals surface area contributed by atoms with Crippen LogP contribution in [0.4, 0.5) is 39.3 Å². The Hall–Kier alpha value is -4.95. The average molecular weight is 518 g/mol. The van der Waals surface area contributed by atoms with Crippen LogP contribution in [-0.2, 0) is 6.18 Å². The van der Waals surface area contributed by atoms with E-state index in [2.05, 4.69) is 30.2 Å². The Morgan fingerprint density at radius 3 is 2.51 bits per heavy atom. The normalized spacial score (nSPS) is 11.3. The molecule has 0 aliphatic carbocycles. The highest BCUT2D eigenvalue weighted by molar-refractivity contribution is 6.06. The molecule has 0 aliphatic rings. The third-order valence-electron chi connectivity index (χ3n) is 5.00. The standard InChI is InChI=1S/C22H15F5N8O2/c1-35(15-3-2-12(23)5-13(15)24)16-6-14(21(37)34-20-17(18(28)36)30-9-31-20)32-19(33-16)10-4-11(8-29-7-10)22(25,26)27/h2-9H,1H3,(H2,28,36)(H,30,31)(H,34,37). The van der Waals surface area contributed by atoms with Crippen molar-refractivity contribution in [3.63, 3.8) is 0 Å². The van der Waals surface area contributed by atoms with E-state index in [9.17, 15) is 31.5 Å². The summed E-state index contributed by atoms with van der Waals surface area (Å²) in [5, 5.41) is 2.32. The number of benzene rings is 1. The van der Waals surface area contributed by atoms with Crippen LogP contribution >= 0.6 is 0 Å². The molecule has 190 valence electrons. The molecule has 10 nitrogen and oxygen atoms in total. The van der Waals surface area contributed by atoms with E-state index in [1.54, 1.807) is 0 Å². The predicted molar refractivity (Wildman–Crippen MR) is 120 cm³/mol. The largest absolute Gasteiger partial charge is 0.417 e. The molecule has 0 fully saturated rings. The number of alkyl halides is 3. The quantitative estimate of drug-likeness (QED) is 0.331. The van der Waals surface area contributed by atoms with Gasteiger partial charge in [-0.3, -0.25) is 14.6 Å². The van der Waals surface area contributed by atoms with E-state index in [1.807, 2.05) is 0 Å². The van der Waals surface area contributed by atoms with Crippen LogP contribution in [-0.4, -0.2) is 43.8 Å². The first-order valence-corrected chi connectivity index (χ1v) is 10.2. The molecule has 0 spiro atoms. The summed E-state index contributed by atoms with van der Waals surface area (Å²) < 4.78 is 67.5. The molecule has 0 atom stereocenters. The van der Waals surface area contributed by atoms with Crippen molar-refractivity contribution in [1.29, 1.82) is 0 Å². The van der Waals surface area contributed by atoms with Gasteiger partial charge < -0.3 is 20.9 Å². The van der Waals surface area contributed by atoms with Crippen molar-refractivity contribution >= 4 is 29.1 Å². The monoisotopic (exact) mass is 518 g/mol. The van der Waals surface area contributed by atoms with Gasteiger partial charge in [0.1, 0.15) is 28.8 Å². The molecule has 2 amide bonds. The van der Waals surface area contributed by atoms with Crippen LogP contribution in [0, 0.1) is 11.6 Å². The molecule has 0 bridgehead atoms. The molecule has 3 aromatic heterocycles. The summed E-state index contributed by atoms with van der Waals surface area (Å²) in [6.07, 6.45) is -1.97. The van der Waals surface area contributed by atoms with Crippen LogP contribution in [0.25, 0.3) is 11.4 Å². The number of aromatic amines is 1. The molecule has 4 N–H and O–H groups in total. The number of hydrogen-bond donors (Lipinski definition) is 3. The van der Waals surface area contributed by atoms with Crippen molar-refractivity contribution in [2.75, 3.05) is 17.3 Å². The lowest BCUT2D eigenvalue weighted by molar-refractivity contribution is -0.137. The highest BCUT2D eigenvalue weighted by Crippen LogP contribution is 2.32. The number of nitrogens with two attached hydrogens (primary N) is 1. The van der Waals surface area contributed by atoms with E-state index in [0.717, 1.165) is 41.7 Å². The molecule has 0 aliphatic heterocycles. The van der Waals surface area contributed by atoms with Gasteiger partial charge in [-0.25, -0.2) is 23.7 Å². The summed E-state index contributed by atoms with van der Waals surface area (Å²) in [5.41, 5.74) is 3.18. The van der Waals surface area contributed by atoms with Crippen LogP contribution in [0.1, 0.15) is 26.5 Å². The average Bonchev–Trinajstić information content (AvgIpc) is 3.31. The lowest BCUT2D eigenvalue weighted by Gasteiger charge is -2.20. The number of imidazole rings is 1. The number of nitrogens with zero attached hydrogens (tertiary/aromatic N) is 5. The van der Waals surface area contributed by atoms with Gasteiger partial charge in [0, 0.05) is 37.1 Å². The van der Waals surface area contributed by atoms with E-state index < -0.39 is 35.2 Å². The minimum absolute atomic E-state index is 0.129. The predicted octanol–water partition coefficient (Wildman–Crippen LogP) is 3.68. The SMILES string of the molecule is CN(c1cc(C(=O)Nc2nc[nH]c2C(N)=O)nc(-c2cncc(C(F)(F)F)c2)n1)c1ccc(F)cc1F. The molecule has 1 aromatic carbocycles. The number of rotatable bonds is 6. The maximum absolute atomic E-state index is 14.4. The minimum atomic E-state index is -4.72. The lowest BCUT2D eigenvalue weighted by Crippen LogP contribution is -2.21. The Kier molecular flexibility index (Phi) is 6.52. The van der Waals surface area contributed by atoms with Crippen molar-refractivity contribution in [1.82, 2.24) is 24.9 Å². The number of anilines is 3. The highest BCUT2D eigenvalue weighted by Gasteiger charge is 2.31. The number of aromatic nitrogens is 5. The van der Waals surface area contributed by atoms with Crippen molar-refractivity contribution in [2.24, 2.45) is 5.73 Å². The number of H-pyrrole nitrogens is 1. The Balaban J connectivity index is 1.82. The Bertz CT molecular complexity index is 1500. The molecule has 15 heteroatoms. The molecule has 4 aromatic rings. The third-order valence-corrected chi connectivity index (χ3v) is 5.00. The summed E-state index contributed by atoms with van der Waals surface area (Å²) in [6, 6.07) is 4.57. The zero-order valence-electron chi connectivity index (χ0n) is 18.6. The summed E-state index contributed by atoms with van der Waals surface area (Å²) >= 11 is 0. The zero-order valence-corrected chi connectivity index (χ0v) is 18.6. The number of pyridine rings is 1. The second-order valence-corrected chi connectivity index (χ2v) is 7.49. The van der Waals surface area contributed by atoms with E-state index in [0.29, 0.717) is 12.3 Å². The topological polar surface area (TPSA) is 143 Å². The summed E-state index contributed by atoms with van der Waals surface area (Å²) in [6.45, 7) is 0. The Labute approximate surface area is 204 Å². The fourth-order valence-electron chi connectivity index (χ4n) is 3.19. The summed E-state index contributed by atoms with van der Waals surface area (Å²) in [7, 11) is 1.34. The maximum atomic E-state index is 14.4. The number of carbonyl (C=O) groups excluding carboxylic acids is 2. The molecule has 0 saturated heterocycles. The smallest absolute Gasteiger partial charge is 0.364 e. The number of halogens is 5. The van der Waals surface area contributed by atoms with Gasteiger partial charge >= 0.3 is 6.18 Å². The maximum Gasteiger partial charge on any atom is 0.417 e. The van der Waals surface area contributed by atoms with Crippen LogP contribution in [0.5, 0.6) is 0 Å². The Morgan fingerprint density at radius 1 is 1.08 bits per heavy atom. The van der Waals surface area contributed by atoms with Crippen molar-refractivity contribution in [3.05, 3.63) is 77.6 Å². The van der Waals surface area contributed by atoms with Crippen LogP contribution in [0.3, 0.4) is 0 Å². The van der Waals surface area contributed by atoms with Crippen LogP contribution in [0.15, 0.2) is 49.1 Å². The minimum Gasteiger partial charge on any atom is -0.364 e. The first kappa shape index (κ1) is 25.2. The second kappa shape index (κ2) is 9.60. The molecule has 37 heavy (non-hydrogen) atoms. The van der Waals surface area contributed by atoms with Gasteiger partial charge in [0.25, 0.3) is 11.8 Å². The molecule has 4 rings (SSSR count). The lowest BCUT2D eigenvalue weighted by atomic mass is 10.2. The molecule has 0 saturated carbocycles. The van der Waals surface area contributed by atoms with Crippen molar-refractivity contribution < 1.29 is 31.5 Å². The van der Waals surface area contributed by atoms with Gasteiger partial charge in [-0.05, 0) is 18.2 Å². The van der Waals surface area contributed by atoms with Crippen LogP contribution in [0.2, 0.25) is 0 Å². The van der Waals surface area contributed by atoms with Gasteiger partial charge in [0.2, 0.25) is 0 Å². The first-order chi connectivity index (χ1) is 17.4. The number of nitrogens with one attached hydrogen (secondary N) is 2. The van der Waals surface area contributed by atoms with Crippen molar-refractivity contribution in [3.8, 4) is 11.4 Å². The third kappa shape index (κ3) is 5.34. The van der Waals surface area contributed by atoms with Crippen LogP contribution < -0.4 is 16.0 Å². The molecular formula is C22H15F5N8O2. The molecule has 0 unspecified atom stereocenters. The van der Waals surface area contributed by atoms with Gasteiger partial charge in [0.05, 0.1) is 17.6 Å². The number of amides is 2. The fraction of sp³-hybridized carbons (Fsp3) is 0.0909. The van der Waals surface area contributed by atoms with Crippen molar-refractivity contribution in [2.45, 2.75) is 6.18 Å². The number of primary amides is 1. The van der Waals surface area contributed by atoms with E-state index in [-0.39, 0.29) is 40.1 Å². The number of hydrogen-bond acceptors (Lipinski definition) is 7. The van der Waals surface area contributed by atoms with Gasteiger partial charge in [-0.2, -0.15) is 13.2 Å².